The summed E-state index contributed by atoms with van der Waals surface area (Å²) >= 11 is 7.05. The van der Waals surface area contributed by atoms with E-state index in [4.69, 9.17) is 9.47 Å². The lowest BCUT2D eigenvalue weighted by Crippen LogP contribution is -2.12. The maximum absolute atomic E-state index is 5.94. The molecule has 3 nitrogen and oxygen atoms in total. The molecule has 2 aromatic carbocycles. The fourth-order valence-electron chi connectivity index (χ4n) is 1.85. The molecule has 0 aromatic heterocycles. The maximum Gasteiger partial charge on any atom is 0.141 e. The first-order valence-electron chi connectivity index (χ1n) is 6.53. The second-order valence-electron chi connectivity index (χ2n) is 4.60. The second kappa shape index (κ2) is 7.29. The average molecular weight is 415 g/mol. The first-order chi connectivity index (χ1) is 10.0. The number of halogens is 2. The van der Waals surface area contributed by atoms with Crippen LogP contribution < -0.4 is 14.8 Å². The summed E-state index contributed by atoms with van der Waals surface area (Å²) < 4.78 is 12.9. The highest BCUT2D eigenvalue weighted by Gasteiger charge is 2.10. The van der Waals surface area contributed by atoms with E-state index in [2.05, 4.69) is 56.2 Å². The molecule has 1 unspecified atom stereocenters. The van der Waals surface area contributed by atoms with Crippen molar-refractivity contribution in [3.63, 3.8) is 0 Å². The van der Waals surface area contributed by atoms with E-state index in [1.54, 1.807) is 7.11 Å². The monoisotopic (exact) mass is 413 g/mol. The summed E-state index contributed by atoms with van der Waals surface area (Å²) in [5, 5.41) is 3.22. The van der Waals surface area contributed by atoms with E-state index in [-0.39, 0.29) is 0 Å². The Morgan fingerprint density at radius 2 is 1.62 bits per heavy atom. The highest BCUT2D eigenvalue weighted by Crippen LogP contribution is 2.36. The summed E-state index contributed by atoms with van der Waals surface area (Å²) in [7, 11) is 3.58. The minimum atomic E-state index is 0.295. The Morgan fingerprint density at radius 3 is 2.14 bits per heavy atom. The van der Waals surface area contributed by atoms with Crippen LogP contribution in [0.25, 0.3) is 0 Å². The molecule has 0 radical (unpaired) electrons. The minimum absolute atomic E-state index is 0.295. The van der Waals surface area contributed by atoms with Crippen molar-refractivity contribution >= 4 is 31.9 Å². The number of ether oxygens (including phenoxy) is 2. The maximum atomic E-state index is 5.94. The van der Waals surface area contributed by atoms with Gasteiger partial charge in [0.25, 0.3) is 0 Å². The fraction of sp³-hybridized carbons (Fsp3) is 0.250. The number of hydrogen-bond donors (Lipinski definition) is 1. The smallest absolute Gasteiger partial charge is 0.141 e. The van der Waals surface area contributed by atoms with Crippen LogP contribution >= 0.6 is 31.9 Å². The lowest BCUT2D eigenvalue weighted by Gasteiger charge is -2.14. The molecular formula is C16H17Br2NO2. The van der Waals surface area contributed by atoms with Crippen LogP contribution in [-0.2, 0) is 0 Å². The second-order valence-corrected chi connectivity index (χ2v) is 6.31. The molecule has 1 N–H and O–H groups in total. The predicted octanol–water partition coefficient (Wildman–Crippen LogP) is 5.29. The first kappa shape index (κ1) is 16.3. The van der Waals surface area contributed by atoms with Gasteiger partial charge in [0.2, 0.25) is 0 Å². The zero-order valence-corrected chi connectivity index (χ0v) is 15.3. The van der Waals surface area contributed by atoms with Gasteiger partial charge in [0.15, 0.2) is 0 Å². The number of rotatable bonds is 5. The van der Waals surface area contributed by atoms with Crippen molar-refractivity contribution in [3.8, 4) is 17.2 Å². The molecule has 0 saturated heterocycles. The zero-order chi connectivity index (χ0) is 15.4. The first-order valence-corrected chi connectivity index (χ1v) is 8.12. The van der Waals surface area contributed by atoms with Crippen LogP contribution in [0.5, 0.6) is 17.2 Å². The van der Waals surface area contributed by atoms with Gasteiger partial charge in [0, 0.05) is 6.04 Å². The number of nitrogens with one attached hydrogen (secondary N) is 1. The third kappa shape index (κ3) is 3.99. The van der Waals surface area contributed by atoms with E-state index >= 15 is 0 Å². The van der Waals surface area contributed by atoms with Crippen LogP contribution in [0.4, 0.5) is 0 Å². The molecule has 112 valence electrons. The van der Waals surface area contributed by atoms with E-state index < -0.39 is 0 Å². The largest absolute Gasteiger partial charge is 0.497 e. The molecule has 0 bridgehead atoms. The lowest BCUT2D eigenvalue weighted by atomic mass is 10.1. The number of benzene rings is 2. The van der Waals surface area contributed by atoms with Gasteiger partial charge in [-0.25, -0.2) is 0 Å². The van der Waals surface area contributed by atoms with Crippen molar-refractivity contribution in [2.45, 2.75) is 13.0 Å². The van der Waals surface area contributed by atoms with Gasteiger partial charge in [-0.3, -0.25) is 0 Å². The van der Waals surface area contributed by atoms with Crippen molar-refractivity contribution in [1.82, 2.24) is 5.32 Å². The summed E-state index contributed by atoms with van der Waals surface area (Å²) in [6.45, 7) is 2.11. The Hall–Kier alpha value is -1.04. The molecule has 1 atom stereocenters. The summed E-state index contributed by atoms with van der Waals surface area (Å²) in [5.74, 6) is 2.30. The molecule has 2 rings (SSSR count). The van der Waals surface area contributed by atoms with Gasteiger partial charge in [-0.1, -0.05) is 6.07 Å². The van der Waals surface area contributed by atoms with E-state index in [1.165, 1.54) is 5.56 Å². The normalized spacial score (nSPS) is 12.0. The van der Waals surface area contributed by atoms with Crippen LogP contribution in [0.1, 0.15) is 18.5 Å². The molecule has 5 heteroatoms. The molecule has 2 aromatic rings. The third-order valence-corrected chi connectivity index (χ3v) is 4.49. The van der Waals surface area contributed by atoms with Gasteiger partial charge in [-0.2, -0.15) is 0 Å². The summed E-state index contributed by atoms with van der Waals surface area (Å²) in [6, 6.07) is 12.0. The van der Waals surface area contributed by atoms with Crippen LogP contribution in [0.3, 0.4) is 0 Å². The predicted molar refractivity (Wildman–Crippen MR) is 92.4 cm³/mol. The van der Waals surface area contributed by atoms with Crippen molar-refractivity contribution < 1.29 is 9.47 Å². The topological polar surface area (TPSA) is 30.5 Å². The van der Waals surface area contributed by atoms with Gasteiger partial charge in [0.1, 0.15) is 17.2 Å². The van der Waals surface area contributed by atoms with Gasteiger partial charge in [-0.15, -0.1) is 0 Å². The van der Waals surface area contributed by atoms with Crippen molar-refractivity contribution in [2.75, 3.05) is 14.2 Å². The molecule has 0 heterocycles. The van der Waals surface area contributed by atoms with E-state index in [0.29, 0.717) is 6.04 Å². The Balaban J connectivity index is 2.24. The van der Waals surface area contributed by atoms with E-state index in [1.807, 2.05) is 31.3 Å². The lowest BCUT2D eigenvalue weighted by molar-refractivity contribution is 0.412. The summed E-state index contributed by atoms with van der Waals surface area (Å²) in [6.07, 6.45) is 0. The van der Waals surface area contributed by atoms with Crippen LogP contribution in [0, 0.1) is 0 Å². The van der Waals surface area contributed by atoms with Gasteiger partial charge in [-0.05, 0) is 81.7 Å². The van der Waals surface area contributed by atoms with Gasteiger partial charge < -0.3 is 14.8 Å². The molecular weight excluding hydrogens is 398 g/mol. The molecule has 0 aliphatic rings. The number of hydrogen-bond acceptors (Lipinski definition) is 3. The standard InChI is InChI=1S/C16H17Br2NO2/c1-10(19-2)11-4-6-15(13(17)8-11)21-16-7-5-12(20-3)9-14(16)18/h4-10,19H,1-3H3. The van der Waals surface area contributed by atoms with Crippen LogP contribution in [-0.4, -0.2) is 14.2 Å². The van der Waals surface area contributed by atoms with Crippen molar-refractivity contribution in [1.29, 1.82) is 0 Å². The van der Waals surface area contributed by atoms with Crippen molar-refractivity contribution in [2.24, 2.45) is 0 Å². The molecule has 0 amide bonds. The van der Waals surface area contributed by atoms with Crippen LogP contribution in [0.2, 0.25) is 0 Å². The summed E-state index contributed by atoms with van der Waals surface area (Å²) in [5.41, 5.74) is 1.20. The minimum Gasteiger partial charge on any atom is -0.497 e. The molecule has 0 fully saturated rings. The van der Waals surface area contributed by atoms with Gasteiger partial charge in [0.05, 0.1) is 16.1 Å². The quantitative estimate of drug-likeness (QED) is 0.720. The number of methoxy groups -OCH3 is 1. The van der Waals surface area contributed by atoms with Crippen molar-refractivity contribution in [3.05, 3.63) is 50.9 Å². The zero-order valence-electron chi connectivity index (χ0n) is 12.1. The van der Waals surface area contributed by atoms with E-state index in [0.717, 1.165) is 26.2 Å². The Labute approximate surface area is 141 Å². The van der Waals surface area contributed by atoms with E-state index in [9.17, 15) is 0 Å². The summed E-state index contributed by atoms with van der Waals surface area (Å²) in [4.78, 5) is 0. The Bertz CT molecular complexity index is 632. The highest BCUT2D eigenvalue weighted by atomic mass is 79.9. The van der Waals surface area contributed by atoms with Gasteiger partial charge >= 0.3 is 0 Å². The van der Waals surface area contributed by atoms with Crippen LogP contribution in [0.15, 0.2) is 45.3 Å². The Morgan fingerprint density at radius 1 is 1.00 bits per heavy atom. The Kier molecular flexibility index (Phi) is 5.67. The molecule has 0 saturated carbocycles. The molecule has 0 aliphatic heterocycles. The molecule has 21 heavy (non-hydrogen) atoms. The highest BCUT2D eigenvalue weighted by molar-refractivity contribution is 9.11. The molecule has 0 aliphatic carbocycles. The average Bonchev–Trinajstić information content (AvgIpc) is 2.50. The third-order valence-electron chi connectivity index (χ3n) is 3.25. The molecule has 0 spiro atoms. The SMILES string of the molecule is CNC(C)c1ccc(Oc2ccc(OC)cc2Br)c(Br)c1. The fourth-order valence-corrected chi connectivity index (χ4v) is 2.76.